The molecule has 2 aromatic carbocycles. The number of benzene rings is 2. The molecule has 118 valence electrons. The van der Waals surface area contributed by atoms with Crippen LogP contribution in [0.3, 0.4) is 0 Å². The highest BCUT2D eigenvalue weighted by molar-refractivity contribution is 5.93. The summed E-state index contributed by atoms with van der Waals surface area (Å²) in [7, 11) is 3.93. The molecule has 2 N–H and O–H groups in total. The van der Waals surface area contributed by atoms with Crippen molar-refractivity contribution >= 4 is 28.2 Å². The van der Waals surface area contributed by atoms with E-state index >= 15 is 0 Å². The topological polar surface area (TPSA) is 53.1 Å². The summed E-state index contributed by atoms with van der Waals surface area (Å²) in [6.45, 7) is 1.55. The van der Waals surface area contributed by atoms with Crippen LogP contribution in [-0.2, 0) is 0 Å². The third kappa shape index (κ3) is 3.69. The number of rotatable bonds is 6. The summed E-state index contributed by atoms with van der Waals surface area (Å²) in [5.74, 6) is 1.54. The maximum Gasteiger partial charge on any atom is 0.224 e. The second-order valence-electron chi connectivity index (χ2n) is 5.51. The lowest BCUT2D eigenvalue weighted by Gasteiger charge is -2.13. The standard InChI is InChI=1S/C18H21N5/c1-23(2)17-10-11-20-18(22-17)21-13-12-19-16-9-5-7-14-6-3-4-8-15(14)16/h3-11,19H,12-13H2,1-2H3,(H,20,21,22). The number of anilines is 3. The molecule has 5 nitrogen and oxygen atoms in total. The summed E-state index contributed by atoms with van der Waals surface area (Å²) in [5, 5.41) is 9.19. The maximum absolute atomic E-state index is 4.44. The Kier molecular flexibility index (Phi) is 4.57. The first kappa shape index (κ1) is 15.1. The van der Waals surface area contributed by atoms with E-state index in [2.05, 4.69) is 63.1 Å². The number of hydrogen-bond donors (Lipinski definition) is 2. The zero-order chi connectivity index (χ0) is 16.1. The lowest BCUT2D eigenvalue weighted by molar-refractivity contribution is 0.998. The summed E-state index contributed by atoms with van der Waals surface area (Å²) in [6.07, 6.45) is 1.77. The van der Waals surface area contributed by atoms with Crippen LogP contribution in [0.25, 0.3) is 10.8 Å². The van der Waals surface area contributed by atoms with Gasteiger partial charge in [0.15, 0.2) is 0 Å². The highest BCUT2D eigenvalue weighted by Gasteiger charge is 2.01. The minimum absolute atomic E-state index is 0.649. The van der Waals surface area contributed by atoms with Crippen molar-refractivity contribution in [2.75, 3.05) is 42.7 Å². The summed E-state index contributed by atoms with van der Waals surface area (Å²) < 4.78 is 0. The Labute approximate surface area is 136 Å². The molecule has 23 heavy (non-hydrogen) atoms. The van der Waals surface area contributed by atoms with Crippen molar-refractivity contribution in [3.8, 4) is 0 Å². The highest BCUT2D eigenvalue weighted by atomic mass is 15.2. The first-order valence-electron chi connectivity index (χ1n) is 7.70. The van der Waals surface area contributed by atoms with Crippen LogP contribution in [0.5, 0.6) is 0 Å². The highest BCUT2D eigenvalue weighted by Crippen LogP contribution is 2.22. The van der Waals surface area contributed by atoms with Crippen LogP contribution in [0.2, 0.25) is 0 Å². The maximum atomic E-state index is 4.44. The summed E-state index contributed by atoms with van der Waals surface area (Å²) in [5.41, 5.74) is 1.15. The second-order valence-corrected chi connectivity index (χ2v) is 5.51. The Balaban J connectivity index is 1.58. The quantitative estimate of drug-likeness (QED) is 0.685. The Bertz CT molecular complexity index is 780. The van der Waals surface area contributed by atoms with Gasteiger partial charge in [0.2, 0.25) is 5.95 Å². The summed E-state index contributed by atoms with van der Waals surface area (Å²) in [6, 6.07) is 16.6. The van der Waals surface area contributed by atoms with E-state index in [9.17, 15) is 0 Å². The fraction of sp³-hybridized carbons (Fsp3) is 0.222. The molecule has 0 amide bonds. The van der Waals surface area contributed by atoms with Gasteiger partial charge in [0.1, 0.15) is 5.82 Å². The number of fused-ring (bicyclic) bond motifs is 1. The molecule has 0 aliphatic carbocycles. The summed E-state index contributed by atoms with van der Waals surface area (Å²) in [4.78, 5) is 10.6. The average molecular weight is 307 g/mol. The van der Waals surface area contributed by atoms with Gasteiger partial charge < -0.3 is 15.5 Å². The zero-order valence-corrected chi connectivity index (χ0v) is 13.5. The molecule has 5 heteroatoms. The SMILES string of the molecule is CN(C)c1ccnc(NCCNc2cccc3ccccc23)n1. The zero-order valence-electron chi connectivity index (χ0n) is 13.5. The fourth-order valence-electron chi connectivity index (χ4n) is 2.43. The van der Waals surface area contributed by atoms with Gasteiger partial charge in [0.05, 0.1) is 0 Å². The predicted molar refractivity (Wildman–Crippen MR) is 97.3 cm³/mol. The van der Waals surface area contributed by atoms with Gasteiger partial charge in [0.25, 0.3) is 0 Å². The molecule has 3 aromatic rings. The van der Waals surface area contributed by atoms with Crippen LogP contribution in [0.15, 0.2) is 54.7 Å². The van der Waals surface area contributed by atoms with Crippen LogP contribution < -0.4 is 15.5 Å². The lowest BCUT2D eigenvalue weighted by atomic mass is 10.1. The monoisotopic (exact) mass is 307 g/mol. The molecule has 0 bridgehead atoms. The Morgan fingerprint density at radius 1 is 0.913 bits per heavy atom. The van der Waals surface area contributed by atoms with E-state index in [-0.39, 0.29) is 0 Å². The van der Waals surface area contributed by atoms with Crippen molar-refractivity contribution in [2.24, 2.45) is 0 Å². The molecule has 0 aliphatic heterocycles. The van der Waals surface area contributed by atoms with E-state index in [0.29, 0.717) is 5.95 Å². The first-order valence-corrected chi connectivity index (χ1v) is 7.70. The third-order valence-corrected chi connectivity index (χ3v) is 3.61. The predicted octanol–water partition coefficient (Wildman–Crippen LogP) is 3.22. The molecule has 1 heterocycles. The second kappa shape index (κ2) is 6.96. The minimum atomic E-state index is 0.649. The van der Waals surface area contributed by atoms with E-state index in [1.807, 2.05) is 25.1 Å². The molecule has 3 rings (SSSR count). The molecule has 0 radical (unpaired) electrons. The molecular weight excluding hydrogens is 286 g/mol. The number of nitrogens with one attached hydrogen (secondary N) is 2. The van der Waals surface area contributed by atoms with E-state index in [1.54, 1.807) is 6.20 Å². The lowest BCUT2D eigenvalue weighted by Crippen LogP contribution is -2.17. The van der Waals surface area contributed by atoms with Crippen LogP contribution >= 0.6 is 0 Å². The van der Waals surface area contributed by atoms with E-state index in [1.165, 1.54) is 10.8 Å². The molecule has 0 unspecified atom stereocenters. The van der Waals surface area contributed by atoms with Gasteiger partial charge in [-0.1, -0.05) is 36.4 Å². The number of aromatic nitrogens is 2. The van der Waals surface area contributed by atoms with Crippen molar-refractivity contribution in [3.63, 3.8) is 0 Å². The Morgan fingerprint density at radius 2 is 1.70 bits per heavy atom. The van der Waals surface area contributed by atoms with Gasteiger partial charge in [0, 0.05) is 44.5 Å². The smallest absolute Gasteiger partial charge is 0.224 e. The van der Waals surface area contributed by atoms with Crippen molar-refractivity contribution in [1.82, 2.24) is 9.97 Å². The van der Waals surface area contributed by atoms with Gasteiger partial charge >= 0.3 is 0 Å². The molecule has 0 atom stereocenters. The molecule has 1 aromatic heterocycles. The van der Waals surface area contributed by atoms with Crippen molar-refractivity contribution in [2.45, 2.75) is 0 Å². The van der Waals surface area contributed by atoms with Gasteiger partial charge in [-0.05, 0) is 17.5 Å². The fourth-order valence-corrected chi connectivity index (χ4v) is 2.43. The largest absolute Gasteiger partial charge is 0.383 e. The first-order chi connectivity index (χ1) is 11.2. The molecule has 0 saturated carbocycles. The van der Waals surface area contributed by atoms with E-state index in [4.69, 9.17) is 0 Å². The van der Waals surface area contributed by atoms with Gasteiger partial charge in [-0.15, -0.1) is 0 Å². The van der Waals surface area contributed by atoms with Crippen molar-refractivity contribution < 1.29 is 0 Å². The molecule has 0 aliphatic rings. The van der Waals surface area contributed by atoms with Crippen LogP contribution in [0.1, 0.15) is 0 Å². The molecular formula is C18H21N5. The van der Waals surface area contributed by atoms with Gasteiger partial charge in [-0.2, -0.15) is 4.98 Å². The van der Waals surface area contributed by atoms with Crippen LogP contribution in [0, 0.1) is 0 Å². The Hall–Kier alpha value is -2.82. The third-order valence-electron chi connectivity index (χ3n) is 3.61. The number of nitrogens with zero attached hydrogens (tertiary/aromatic N) is 3. The average Bonchev–Trinajstić information content (AvgIpc) is 2.59. The van der Waals surface area contributed by atoms with Crippen LogP contribution in [0.4, 0.5) is 17.5 Å². The Morgan fingerprint density at radius 3 is 2.57 bits per heavy atom. The van der Waals surface area contributed by atoms with Crippen molar-refractivity contribution in [1.29, 1.82) is 0 Å². The van der Waals surface area contributed by atoms with Gasteiger partial charge in [-0.3, -0.25) is 0 Å². The minimum Gasteiger partial charge on any atom is -0.383 e. The normalized spacial score (nSPS) is 10.5. The van der Waals surface area contributed by atoms with Crippen molar-refractivity contribution in [3.05, 3.63) is 54.7 Å². The molecule has 0 saturated heterocycles. The number of hydrogen-bond acceptors (Lipinski definition) is 5. The molecule has 0 spiro atoms. The van der Waals surface area contributed by atoms with Crippen LogP contribution in [-0.4, -0.2) is 37.2 Å². The summed E-state index contributed by atoms with van der Waals surface area (Å²) >= 11 is 0. The van der Waals surface area contributed by atoms with E-state index < -0.39 is 0 Å². The van der Waals surface area contributed by atoms with Gasteiger partial charge in [-0.25, -0.2) is 4.98 Å². The molecule has 0 fully saturated rings. The van der Waals surface area contributed by atoms with E-state index in [0.717, 1.165) is 24.6 Å².